The Balaban J connectivity index is 1.88. The van der Waals surface area contributed by atoms with E-state index in [0.29, 0.717) is 32.4 Å². The normalized spacial score (nSPS) is 11.6. The molecule has 4 heteroatoms. The Morgan fingerprint density at radius 2 is 1.47 bits per heavy atom. The first kappa shape index (κ1) is 23.3. The molecule has 32 heavy (non-hydrogen) atoms. The first-order valence-corrected chi connectivity index (χ1v) is 11.3. The van der Waals surface area contributed by atoms with E-state index < -0.39 is 6.04 Å². The highest BCUT2D eigenvalue weighted by molar-refractivity contribution is 5.88. The SMILES string of the molecule is CCNC(=O)[C@H](Cc1ccccc1)N(Cc1cccc(C)c1)C(=O)CCc1ccccc1. The number of hydrogen-bond donors (Lipinski definition) is 1. The van der Waals surface area contributed by atoms with Gasteiger partial charge in [-0.15, -0.1) is 0 Å². The zero-order valence-corrected chi connectivity index (χ0v) is 19.0. The first-order chi connectivity index (χ1) is 15.6. The van der Waals surface area contributed by atoms with Crippen molar-refractivity contribution in [2.75, 3.05) is 6.54 Å². The van der Waals surface area contributed by atoms with E-state index in [-0.39, 0.29) is 11.8 Å². The maximum Gasteiger partial charge on any atom is 0.243 e. The molecule has 0 saturated heterocycles. The fourth-order valence-corrected chi connectivity index (χ4v) is 3.89. The second-order valence-corrected chi connectivity index (χ2v) is 8.10. The van der Waals surface area contributed by atoms with Crippen molar-refractivity contribution in [2.45, 2.75) is 45.7 Å². The predicted octanol–water partition coefficient (Wildman–Crippen LogP) is 4.70. The summed E-state index contributed by atoms with van der Waals surface area (Å²) in [6.45, 7) is 4.88. The van der Waals surface area contributed by atoms with Crippen molar-refractivity contribution in [3.8, 4) is 0 Å². The van der Waals surface area contributed by atoms with E-state index >= 15 is 0 Å². The summed E-state index contributed by atoms with van der Waals surface area (Å²) in [5.41, 5.74) is 4.32. The molecule has 3 aromatic rings. The number of hydrogen-bond acceptors (Lipinski definition) is 2. The molecule has 0 aliphatic heterocycles. The lowest BCUT2D eigenvalue weighted by molar-refractivity contribution is -0.141. The van der Waals surface area contributed by atoms with Crippen LogP contribution in [0.5, 0.6) is 0 Å². The maximum atomic E-state index is 13.5. The Morgan fingerprint density at radius 3 is 2.09 bits per heavy atom. The van der Waals surface area contributed by atoms with Crippen LogP contribution in [0, 0.1) is 6.92 Å². The lowest BCUT2D eigenvalue weighted by Gasteiger charge is -2.31. The summed E-state index contributed by atoms with van der Waals surface area (Å²) in [6, 6.07) is 27.5. The van der Waals surface area contributed by atoms with Crippen LogP contribution in [0.25, 0.3) is 0 Å². The number of benzene rings is 3. The van der Waals surface area contributed by atoms with Crippen molar-refractivity contribution in [2.24, 2.45) is 0 Å². The lowest BCUT2D eigenvalue weighted by Crippen LogP contribution is -2.50. The molecule has 0 aliphatic rings. The lowest BCUT2D eigenvalue weighted by atomic mass is 10.0. The van der Waals surface area contributed by atoms with E-state index in [4.69, 9.17) is 0 Å². The zero-order valence-electron chi connectivity index (χ0n) is 19.0. The minimum absolute atomic E-state index is 0.0115. The second kappa shape index (κ2) is 11.8. The van der Waals surface area contributed by atoms with Gasteiger partial charge in [-0.2, -0.15) is 0 Å². The summed E-state index contributed by atoms with van der Waals surface area (Å²) in [5.74, 6) is -0.125. The van der Waals surface area contributed by atoms with Gasteiger partial charge in [0.15, 0.2) is 0 Å². The van der Waals surface area contributed by atoms with Gasteiger partial charge in [-0.3, -0.25) is 9.59 Å². The minimum Gasteiger partial charge on any atom is -0.355 e. The number of rotatable bonds is 10. The average Bonchev–Trinajstić information content (AvgIpc) is 2.81. The average molecular weight is 429 g/mol. The molecule has 4 nitrogen and oxygen atoms in total. The summed E-state index contributed by atoms with van der Waals surface area (Å²) in [6.07, 6.45) is 1.49. The van der Waals surface area contributed by atoms with E-state index in [0.717, 1.165) is 22.3 Å². The molecule has 0 spiro atoms. The van der Waals surface area contributed by atoms with E-state index in [1.807, 2.05) is 92.7 Å². The molecule has 166 valence electrons. The van der Waals surface area contributed by atoms with Gasteiger partial charge in [0.2, 0.25) is 11.8 Å². The minimum atomic E-state index is -0.568. The number of carbonyl (C=O) groups excluding carboxylic acids is 2. The zero-order chi connectivity index (χ0) is 22.8. The first-order valence-electron chi connectivity index (χ1n) is 11.3. The molecule has 3 rings (SSSR count). The van der Waals surface area contributed by atoms with Crippen LogP contribution in [0.4, 0.5) is 0 Å². The van der Waals surface area contributed by atoms with Crippen LogP contribution < -0.4 is 5.32 Å². The van der Waals surface area contributed by atoms with Gasteiger partial charge in [0.1, 0.15) is 6.04 Å². The summed E-state index contributed by atoms with van der Waals surface area (Å²) in [5, 5.41) is 2.94. The third-order valence-corrected chi connectivity index (χ3v) is 5.53. The van der Waals surface area contributed by atoms with Gasteiger partial charge in [0.05, 0.1) is 0 Å². The molecular weight excluding hydrogens is 396 g/mol. The predicted molar refractivity (Wildman–Crippen MR) is 129 cm³/mol. The maximum absolute atomic E-state index is 13.5. The van der Waals surface area contributed by atoms with Crippen molar-refractivity contribution >= 4 is 11.8 Å². The van der Waals surface area contributed by atoms with Crippen molar-refractivity contribution in [1.82, 2.24) is 10.2 Å². The highest BCUT2D eigenvalue weighted by atomic mass is 16.2. The van der Waals surface area contributed by atoms with Gasteiger partial charge in [0, 0.05) is 25.9 Å². The molecule has 2 amide bonds. The number of likely N-dealkylation sites (N-methyl/N-ethyl adjacent to an activating group) is 1. The van der Waals surface area contributed by atoms with Crippen LogP contribution in [0.2, 0.25) is 0 Å². The second-order valence-electron chi connectivity index (χ2n) is 8.10. The fourth-order valence-electron chi connectivity index (χ4n) is 3.89. The molecule has 0 radical (unpaired) electrons. The monoisotopic (exact) mass is 428 g/mol. The Morgan fingerprint density at radius 1 is 0.844 bits per heavy atom. The number of aryl methyl sites for hydroxylation is 2. The third-order valence-electron chi connectivity index (χ3n) is 5.53. The highest BCUT2D eigenvalue weighted by Crippen LogP contribution is 2.17. The van der Waals surface area contributed by atoms with Crippen LogP contribution in [0.3, 0.4) is 0 Å². The third kappa shape index (κ3) is 6.81. The molecule has 3 aromatic carbocycles. The van der Waals surface area contributed by atoms with Gasteiger partial charge in [-0.05, 0) is 37.0 Å². The van der Waals surface area contributed by atoms with E-state index in [1.54, 1.807) is 4.90 Å². The molecule has 0 aliphatic carbocycles. The molecule has 0 saturated carbocycles. The van der Waals surface area contributed by atoms with Crippen LogP contribution >= 0.6 is 0 Å². The quantitative estimate of drug-likeness (QED) is 0.509. The number of carbonyl (C=O) groups is 2. The standard InChI is InChI=1S/C28H32N2O2/c1-3-29-28(32)26(20-24-14-8-5-9-15-24)30(21-25-16-10-11-22(2)19-25)27(31)18-17-23-12-6-4-7-13-23/h4-16,19,26H,3,17-18,20-21H2,1-2H3,(H,29,32)/t26-/m0/s1. The summed E-state index contributed by atoms with van der Waals surface area (Å²) < 4.78 is 0. The van der Waals surface area contributed by atoms with Gasteiger partial charge < -0.3 is 10.2 Å². The van der Waals surface area contributed by atoms with Crippen LogP contribution in [-0.2, 0) is 29.0 Å². The summed E-state index contributed by atoms with van der Waals surface area (Å²) >= 11 is 0. The summed E-state index contributed by atoms with van der Waals surface area (Å²) in [7, 11) is 0. The van der Waals surface area contributed by atoms with Crippen LogP contribution in [-0.4, -0.2) is 29.3 Å². The molecular formula is C28H32N2O2. The number of nitrogens with one attached hydrogen (secondary N) is 1. The van der Waals surface area contributed by atoms with E-state index in [9.17, 15) is 9.59 Å². The molecule has 0 fully saturated rings. The number of amides is 2. The molecule has 0 aromatic heterocycles. The van der Waals surface area contributed by atoms with E-state index in [2.05, 4.69) is 11.4 Å². The van der Waals surface area contributed by atoms with Gasteiger partial charge in [0.25, 0.3) is 0 Å². The highest BCUT2D eigenvalue weighted by Gasteiger charge is 2.29. The van der Waals surface area contributed by atoms with Crippen molar-refractivity contribution < 1.29 is 9.59 Å². The van der Waals surface area contributed by atoms with Crippen LogP contribution in [0.15, 0.2) is 84.9 Å². The van der Waals surface area contributed by atoms with Gasteiger partial charge >= 0.3 is 0 Å². The van der Waals surface area contributed by atoms with Crippen molar-refractivity contribution in [3.05, 3.63) is 107 Å². The van der Waals surface area contributed by atoms with Gasteiger partial charge in [-0.1, -0.05) is 90.5 Å². The Kier molecular flexibility index (Phi) is 8.61. The van der Waals surface area contributed by atoms with Crippen molar-refractivity contribution in [3.63, 3.8) is 0 Å². The fraction of sp³-hybridized carbons (Fsp3) is 0.286. The molecule has 0 heterocycles. The number of nitrogens with zero attached hydrogens (tertiary/aromatic N) is 1. The van der Waals surface area contributed by atoms with Gasteiger partial charge in [-0.25, -0.2) is 0 Å². The smallest absolute Gasteiger partial charge is 0.243 e. The summed E-state index contributed by atoms with van der Waals surface area (Å²) in [4.78, 5) is 28.4. The van der Waals surface area contributed by atoms with E-state index in [1.165, 1.54) is 0 Å². The molecule has 1 atom stereocenters. The Bertz CT molecular complexity index is 1000. The molecule has 0 bridgehead atoms. The Labute approximate surface area is 191 Å². The molecule has 1 N–H and O–H groups in total. The molecule has 0 unspecified atom stereocenters. The Hall–Kier alpha value is -3.40. The van der Waals surface area contributed by atoms with Crippen molar-refractivity contribution in [1.29, 1.82) is 0 Å². The topological polar surface area (TPSA) is 49.4 Å². The van der Waals surface area contributed by atoms with Crippen LogP contribution in [0.1, 0.15) is 35.6 Å². The largest absolute Gasteiger partial charge is 0.355 e.